The van der Waals surface area contributed by atoms with Crippen molar-refractivity contribution in [3.05, 3.63) is 76.5 Å². The molecule has 0 fully saturated rings. The lowest BCUT2D eigenvalue weighted by Crippen LogP contribution is -2.17. The molecule has 0 unspecified atom stereocenters. The summed E-state index contributed by atoms with van der Waals surface area (Å²) in [6.45, 7) is 5.21. The van der Waals surface area contributed by atoms with Crippen molar-refractivity contribution in [2.24, 2.45) is 0 Å². The van der Waals surface area contributed by atoms with E-state index in [1.54, 1.807) is 57.4 Å². The van der Waals surface area contributed by atoms with Crippen molar-refractivity contribution in [1.29, 1.82) is 0 Å². The van der Waals surface area contributed by atoms with Crippen LogP contribution in [0, 0.1) is 13.8 Å². The Morgan fingerprint density at radius 1 is 1.03 bits per heavy atom. The molecule has 3 aromatic rings. The maximum atomic E-state index is 12.6. The summed E-state index contributed by atoms with van der Waals surface area (Å²) in [6, 6.07) is 10.4. The fraction of sp³-hybridized carbons (Fsp3) is 0.261. The number of hydrogen-bond donors (Lipinski definition) is 2. The average Bonchev–Trinajstić information content (AvgIpc) is 3.38. The van der Waals surface area contributed by atoms with Gasteiger partial charge in [0.2, 0.25) is 5.78 Å². The maximum absolute atomic E-state index is 12.6. The summed E-state index contributed by atoms with van der Waals surface area (Å²) in [5.74, 6) is -0.859. The van der Waals surface area contributed by atoms with Crippen LogP contribution in [0.3, 0.4) is 0 Å². The normalized spacial score (nSPS) is 10.5. The van der Waals surface area contributed by atoms with Crippen LogP contribution in [0.25, 0.3) is 0 Å². The van der Waals surface area contributed by atoms with Gasteiger partial charge in [-0.2, -0.15) is 0 Å². The first-order valence-electron chi connectivity index (χ1n) is 9.84. The second kappa shape index (κ2) is 9.80. The van der Waals surface area contributed by atoms with Crippen LogP contribution in [-0.4, -0.2) is 35.9 Å². The second-order valence-electron chi connectivity index (χ2n) is 6.82. The van der Waals surface area contributed by atoms with Crippen molar-refractivity contribution in [3.8, 4) is 0 Å². The lowest BCUT2D eigenvalue weighted by atomic mass is 10.1. The van der Waals surface area contributed by atoms with E-state index in [2.05, 4.69) is 10.3 Å². The van der Waals surface area contributed by atoms with E-state index >= 15 is 0 Å². The number of rotatable bonds is 9. The minimum Gasteiger partial charge on any atom is -0.467 e. The monoisotopic (exact) mass is 424 g/mol. The molecule has 2 heterocycles. The summed E-state index contributed by atoms with van der Waals surface area (Å²) in [4.78, 5) is 40.2. The molecular weight excluding hydrogens is 400 g/mol. The first-order valence-corrected chi connectivity index (χ1v) is 9.84. The molecule has 162 valence electrons. The minimum absolute atomic E-state index is 0.220. The molecular formula is C23H24N2O6. The van der Waals surface area contributed by atoms with Gasteiger partial charge in [-0.25, -0.2) is 9.59 Å². The smallest absolute Gasteiger partial charge is 0.340 e. The molecule has 0 atom stereocenters. The number of aromatic amines is 1. The van der Waals surface area contributed by atoms with Crippen LogP contribution in [-0.2, 0) is 16.0 Å². The van der Waals surface area contributed by atoms with Crippen molar-refractivity contribution in [2.75, 3.05) is 18.5 Å². The Morgan fingerprint density at radius 3 is 2.52 bits per heavy atom. The third-order valence-corrected chi connectivity index (χ3v) is 4.71. The number of aromatic nitrogens is 1. The zero-order valence-electron chi connectivity index (χ0n) is 17.6. The fourth-order valence-corrected chi connectivity index (χ4v) is 3.23. The molecule has 0 radical (unpaired) electrons. The van der Waals surface area contributed by atoms with Gasteiger partial charge < -0.3 is 24.2 Å². The number of anilines is 1. The Kier molecular flexibility index (Phi) is 6.92. The van der Waals surface area contributed by atoms with Gasteiger partial charge in [0, 0.05) is 11.4 Å². The number of benzene rings is 1. The summed E-state index contributed by atoms with van der Waals surface area (Å²) in [5.41, 5.74) is 2.40. The molecule has 0 amide bonds. The third kappa shape index (κ3) is 5.03. The highest BCUT2D eigenvalue weighted by Crippen LogP contribution is 2.21. The summed E-state index contributed by atoms with van der Waals surface area (Å²) < 4.78 is 15.6. The fourth-order valence-electron chi connectivity index (χ4n) is 3.23. The minimum atomic E-state index is -0.637. The van der Waals surface area contributed by atoms with E-state index in [0.717, 1.165) is 0 Å². The first kappa shape index (κ1) is 21.9. The zero-order valence-corrected chi connectivity index (χ0v) is 17.6. The number of Topliss-reactive ketones (excluding diaryl/α,β-unsaturated/α-hetero) is 1. The number of para-hydroxylation sites is 1. The molecule has 2 N–H and O–H groups in total. The van der Waals surface area contributed by atoms with Gasteiger partial charge in [0.15, 0.2) is 6.61 Å². The molecule has 1 aromatic carbocycles. The van der Waals surface area contributed by atoms with Gasteiger partial charge in [0.1, 0.15) is 5.76 Å². The van der Waals surface area contributed by atoms with Crippen LogP contribution in [0.2, 0.25) is 0 Å². The molecule has 8 heteroatoms. The van der Waals surface area contributed by atoms with Crippen LogP contribution in [0.15, 0.2) is 47.1 Å². The predicted octanol–water partition coefficient (Wildman–Crippen LogP) is 4.05. The Hall–Kier alpha value is -3.81. The van der Waals surface area contributed by atoms with Gasteiger partial charge in [-0.3, -0.25) is 4.79 Å². The largest absolute Gasteiger partial charge is 0.467 e. The summed E-state index contributed by atoms with van der Waals surface area (Å²) in [7, 11) is 0. The second-order valence-corrected chi connectivity index (χ2v) is 6.82. The molecule has 0 aliphatic heterocycles. The zero-order chi connectivity index (χ0) is 22.4. The number of H-pyrrole nitrogens is 1. The van der Waals surface area contributed by atoms with Gasteiger partial charge in [0.25, 0.3) is 0 Å². The lowest BCUT2D eigenvalue weighted by Gasteiger charge is -2.11. The highest BCUT2D eigenvalue weighted by atomic mass is 16.5. The van der Waals surface area contributed by atoms with Crippen LogP contribution < -0.4 is 5.32 Å². The number of ketones is 1. The SMILES string of the molecule is CCOC(=O)c1c(C)[nH]c(C(=O)COC(=O)c2ccccc2NCc2ccco2)c1C. The Balaban J connectivity index is 1.67. The molecule has 0 aliphatic carbocycles. The van der Waals surface area contributed by atoms with E-state index in [0.29, 0.717) is 40.4 Å². The number of carbonyl (C=O) groups excluding carboxylic acids is 3. The van der Waals surface area contributed by atoms with Crippen LogP contribution in [0.4, 0.5) is 5.69 Å². The van der Waals surface area contributed by atoms with Crippen LogP contribution >= 0.6 is 0 Å². The highest BCUT2D eigenvalue weighted by molar-refractivity contribution is 6.03. The third-order valence-electron chi connectivity index (χ3n) is 4.71. The van der Waals surface area contributed by atoms with Crippen LogP contribution in [0.5, 0.6) is 0 Å². The number of esters is 2. The van der Waals surface area contributed by atoms with Gasteiger partial charge >= 0.3 is 11.9 Å². The molecule has 8 nitrogen and oxygen atoms in total. The topological polar surface area (TPSA) is 111 Å². The molecule has 2 aromatic heterocycles. The highest BCUT2D eigenvalue weighted by Gasteiger charge is 2.24. The van der Waals surface area contributed by atoms with E-state index in [9.17, 15) is 14.4 Å². The van der Waals surface area contributed by atoms with Crippen molar-refractivity contribution < 1.29 is 28.3 Å². The molecule has 3 rings (SSSR count). The van der Waals surface area contributed by atoms with E-state index < -0.39 is 24.3 Å². The number of furan rings is 1. The molecule has 0 aliphatic rings. The van der Waals surface area contributed by atoms with Crippen molar-refractivity contribution in [3.63, 3.8) is 0 Å². The Labute approximate surface area is 179 Å². The van der Waals surface area contributed by atoms with Crippen molar-refractivity contribution in [1.82, 2.24) is 4.98 Å². The van der Waals surface area contributed by atoms with Gasteiger partial charge in [0.05, 0.1) is 36.2 Å². The van der Waals surface area contributed by atoms with E-state index in [4.69, 9.17) is 13.9 Å². The van der Waals surface area contributed by atoms with E-state index in [-0.39, 0.29) is 12.3 Å². The number of hydrogen-bond acceptors (Lipinski definition) is 7. The molecule has 31 heavy (non-hydrogen) atoms. The van der Waals surface area contributed by atoms with Crippen molar-refractivity contribution >= 4 is 23.4 Å². The lowest BCUT2D eigenvalue weighted by molar-refractivity contribution is 0.0473. The summed E-state index contributed by atoms with van der Waals surface area (Å²) in [6.07, 6.45) is 1.57. The molecule has 0 saturated carbocycles. The predicted molar refractivity (Wildman–Crippen MR) is 113 cm³/mol. The maximum Gasteiger partial charge on any atom is 0.340 e. The average molecular weight is 424 g/mol. The Morgan fingerprint density at radius 2 is 1.81 bits per heavy atom. The first-order chi connectivity index (χ1) is 14.9. The number of nitrogens with one attached hydrogen (secondary N) is 2. The quantitative estimate of drug-likeness (QED) is 0.394. The van der Waals surface area contributed by atoms with Gasteiger partial charge in [-0.15, -0.1) is 0 Å². The number of carbonyl (C=O) groups is 3. The van der Waals surface area contributed by atoms with Crippen LogP contribution in [0.1, 0.15) is 55.1 Å². The van der Waals surface area contributed by atoms with Gasteiger partial charge in [-0.05, 0) is 50.6 Å². The summed E-state index contributed by atoms with van der Waals surface area (Å²) >= 11 is 0. The molecule has 0 bridgehead atoms. The molecule has 0 saturated heterocycles. The summed E-state index contributed by atoms with van der Waals surface area (Å²) in [5, 5.41) is 3.12. The van der Waals surface area contributed by atoms with Crippen molar-refractivity contribution in [2.45, 2.75) is 27.3 Å². The number of ether oxygens (including phenoxy) is 2. The van der Waals surface area contributed by atoms with E-state index in [1.807, 2.05) is 6.07 Å². The van der Waals surface area contributed by atoms with Gasteiger partial charge in [-0.1, -0.05) is 12.1 Å². The number of aryl methyl sites for hydroxylation is 1. The van der Waals surface area contributed by atoms with E-state index in [1.165, 1.54) is 0 Å². The standard InChI is InChI=1S/C23H24N2O6/c1-4-29-23(28)20-14(2)21(25-15(20)3)19(26)13-31-22(27)17-9-5-6-10-18(17)24-12-16-8-7-11-30-16/h5-11,24-25H,4,12-13H2,1-3H3. The Bertz CT molecular complexity index is 1080. The molecule has 0 spiro atoms.